The Balaban J connectivity index is 0.943. The smallest absolute Gasteiger partial charge is 0.137 e. The molecule has 0 saturated heterocycles. The van der Waals surface area contributed by atoms with Crippen LogP contribution >= 0.6 is 11.3 Å². The Morgan fingerprint density at radius 2 is 0.675 bits per heavy atom. The van der Waals surface area contributed by atoms with Crippen LogP contribution in [0, 0.1) is 0 Å². The predicted octanol–water partition coefficient (Wildman–Crippen LogP) is 22.7. The predicted molar refractivity (Wildman–Crippen MR) is 352 cm³/mol. The highest BCUT2D eigenvalue weighted by Gasteiger charge is 2.23. The zero-order valence-electron chi connectivity index (χ0n) is 45.1. The van der Waals surface area contributed by atoms with Crippen molar-refractivity contribution in [3.63, 3.8) is 0 Å². The van der Waals surface area contributed by atoms with Gasteiger partial charge in [0.2, 0.25) is 0 Å². The van der Waals surface area contributed by atoms with E-state index in [0.717, 1.165) is 95.0 Å². The molecule has 13 aromatic carbocycles. The lowest BCUT2D eigenvalue weighted by molar-refractivity contribution is 0.669. The molecule has 0 N–H and O–H groups in total. The van der Waals surface area contributed by atoms with Crippen LogP contribution in [0.25, 0.3) is 114 Å². The molecule has 0 amide bonds. The molecule has 390 valence electrons. The van der Waals surface area contributed by atoms with E-state index >= 15 is 0 Å². The van der Waals surface area contributed by atoms with Gasteiger partial charge in [-0.25, -0.2) is 0 Å². The molecule has 4 nitrogen and oxygen atoms in total. The molecule has 0 saturated carbocycles. The van der Waals surface area contributed by atoms with Crippen molar-refractivity contribution in [2.24, 2.45) is 0 Å². The highest BCUT2D eigenvalue weighted by Crippen LogP contribution is 2.47. The van der Waals surface area contributed by atoms with Crippen LogP contribution in [0.5, 0.6) is 0 Å². The molecule has 0 bridgehead atoms. The average molecular weight is 1080 g/mol. The van der Waals surface area contributed by atoms with Crippen molar-refractivity contribution in [1.82, 2.24) is 4.57 Å². The van der Waals surface area contributed by atoms with Gasteiger partial charge in [0.25, 0.3) is 0 Å². The number of aromatic nitrogens is 1. The van der Waals surface area contributed by atoms with Crippen molar-refractivity contribution in [2.45, 2.75) is 0 Å². The average Bonchev–Trinajstić information content (AvgIpc) is 3.50. The Morgan fingerprint density at radius 1 is 0.241 bits per heavy atom. The van der Waals surface area contributed by atoms with Gasteiger partial charge in [0, 0.05) is 87.6 Å². The fraction of sp³-hybridized carbons (Fsp3) is 0. The van der Waals surface area contributed by atoms with Gasteiger partial charge in [-0.2, -0.15) is 0 Å². The fourth-order valence-corrected chi connectivity index (χ4v) is 13.5. The lowest BCUT2D eigenvalue weighted by Crippen LogP contribution is -2.13. The lowest BCUT2D eigenvalue weighted by Gasteiger charge is -2.30. The number of fused-ring (bicyclic) bond motifs is 9. The van der Waals surface area contributed by atoms with Crippen molar-refractivity contribution in [1.29, 1.82) is 0 Å². The van der Waals surface area contributed by atoms with Crippen LogP contribution in [-0.4, -0.2) is 4.57 Å². The summed E-state index contributed by atoms with van der Waals surface area (Å²) >= 11 is 1.84. The van der Waals surface area contributed by atoms with Gasteiger partial charge in [-0.1, -0.05) is 200 Å². The Morgan fingerprint density at radius 3 is 1.30 bits per heavy atom. The molecule has 0 atom stereocenters. The molecule has 0 radical (unpaired) electrons. The van der Waals surface area contributed by atoms with E-state index in [2.05, 4.69) is 318 Å². The summed E-state index contributed by atoms with van der Waals surface area (Å²) in [6.45, 7) is 0. The molecule has 83 heavy (non-hydrogen) atoms. The second kappa shape index (κ2) is 20.1. The van der Waals surface area contributed by atoms with Gasteiger partial charge in [0.1, 0.15) is 11.2 Å². The third-order valence-electron chi connectivity index (χ3n) is 16.4. The third kappa shape index (κ3) is 8.62. The van der Waals surface area contributed by atoms with Crippen LogP contribution in [0.15, 0.2) is 314 Å². The van der Waals surface area contributed by atoms with E-state index in [9.17, 15) is 0 Å². The second-order valence-corrected chi connectivity index (χ2v) is 22.4. The lowest BCUT2D eigenvalue weighted by atomic mass is 9.99. The summed E-state index contributed by atoms with van der Waals surface area (Å²) in [5.41, 5.74) is 20.4. The minimum Gasteiger partial charge on any atom is -0.456 e. The zero-order valence-corrected chi connectivity index (χ0v) is 45.9. The zero-order chi connectivity index (χ0) is 54.8. The van der Waals surface area contributed by atoms with E-state index in [0.29, 0.717) is 0 Å². The van der Waals surface area contributed by atoms with Crippen LogP contribution in [0.3, 0.4) is 0 Å². The highest BCUT2D eigenvalue weighted by atomic mass is 32.1. The van der Waals surface area contributed by atoms with E-state index in [-0.39, 0.29) is 0 Å². The van der Waals surface area contributed by atoms with Crippen LogP contribution in [0.4, 0.5) is 34.1 Å². The highest BCUT2D eigenvalue weighted by molar-refractivity contribution is 7.25. The molecule has 0 aliphatic rings. The molecular formula is C78H51N3OS. The summed E-state index contributed by atoms with van der Waals surface area (Å²) in [5, 5.41) is 7.12. The van der Waals surface area contributed by atoms with E-state index in [1.54, 1.807) is 0 Å². The summed E-state index contributed by atoms with van der Waals surface area (Å²) < 4.78 is 11.6. The Labute approximate surface area is 484 Å². The summed E-state index contributed by atoms with van der Waals surface area (Å²) in [6, 6.07) is 113. The van der Waals surface area contributed by atoms with Gasteiger partial charge in [-0.3, -0.25) is 0 Å². The van der Waals surface area contributed by atoms with Crippen molar-refractivity contribution < 1.29 is 4.42 Å². The summed E-state index contributed by atoms with van der Waals surface area (Å²) in [7, 11) is 0. The van der Waals surface area contributed by atoms with Gasteiger partial charge < -0.3 is 18.8 Å². The summed E-state index contributed by atoms with van der Waals surface area (Å²) in [6.07, 6.45) is 0. The van der Waals surface area contributed by atoms with Crippen LogP contribution in [-0.2, 0) is 0 Å². The minimum atomic E-state index is 0.831. The Kier molecular flexibility index (Phi) is 11.7. The molecule has 0 aliphatic carbocycles. The second-order valence-electron chi connectivity index (χ2n) is 21.3. The van der Waals surface area contributed by atoms with Crippen LogP contribution < -0.4 is 9.80 Å². The van der Waals surface area contributed by atoms with Gasteiger partial charge >= 0.3 is 0 Å². The van der Waals surface area contributed by atoms with Crippen molar-refractivity contribution in [2.75, 3.05) is 9.80 Å². The minimum absolute atomic E-state index is 0.831. The molecule has 0 fully saturated rings. The number of furan rings is 1. The fourth-order valence-electron chi connectivity index (χ4n) is 12.4. The van der Waals surface area contributed by atoms with E-state index in [1.165, 1.54) is 53.2 Å². The first kappa shape index (κ1) is 48.2. The molecule has 3 aromatic heterocycles. The van der Waals surface area contributed by atoms with Crippen molar-refractivity contribution in [3.05, 3.63) is 309 Å². The van der Waals surface area contributed by atoms with Gasteiger partial charge in [-0.05, 0) is 148 Å². The maximum absolute atomic E-state index is 6.67. The van der Waals surface area contributed by atoms with E-state index in [4.69, 9.17) is 4.42 Å². The summed E-state index contributed by atoms with van der Waals surface area (Å²) in [5.74, 6) is 0. The SMILES string of the molecule is c1ccc(-c2ccc(N(c3cc(-c4ccc5c6ccccc6n(-c6ccc(-c7ccccc7)cc6)c5c4)cc(N(c4ccc(-c5ccccc5)cc4)c4ccc5c(c4)sc4ccccc45)c3)c3ccc4c(c3)oc3ccccc34)cc2)cc1. The first-order valence-corrected chi connectivity index (χ1v) is 29.0. The summed E-state index contributed by atoms with van der Waals surface area (Å²) in [4.78, 5) is 4.83. The van der Waals surface area contributed by atoms with E-state index in [1.807, 2.05) is 17.4 Å². The number of hydrogen-bond acceptors (Lipinski definition) is 4. The molecule has 16 aromatic rings. The number of nitrogens with zero attached hydrogens (tertiary/aromatic N) is 3. The molecule has 16 rings (SSSR count). The standard InChI is InChI=1S/C78H51N3OS/c1-4-16-52(17-5-1)55-28-35-60(36-29-55)79(63-41-44-70-69-23-11-14-26-75(69)82-76(70)50-63)65-46-59(58-34-43-68-67-22-10-13-25-73(67)81(74(68)48-58)62-39-32-57(33-40-62)54-20-8-3-9-21-54)47-66(49-65)80(61-37-30-56(31-38-61)53-18-6-2-7-19-53)64-42-45-72-71-24-12-15-27-77(71)83-78(72)51-64/h1-51H. The number of thiophene rings is 1. The number of anilines is 6. The molecule has 0 aliphatic heterocycles. The maximum atomic E-state index is 6.67. The monoisotopic (exact) mass is 1080 g/mol. The van der Waals surface area contributed by atoms with Crippen LogP contribution in [0.1, 0.15) is 0 Å². The Hall–Kier alpha value is -10.7. The number of benzene rings is 13. The van der Waals surface area contributed by atoms with Gasteiger partial charge in [-0.15, -0.1) is 11.3 Å². The van der Waals surface area contributed by atoms with Crippen molar-refractivity contribution in [3.8, 4) is 50.2 Å². The van der Waals surface area contributed by atoms with Gasteiger partial charge in [0.15, 0.2) is 0 Å². The van der Waals surface area contributed by atoms with Gasteiger partial charge in [0.05, 0.1) is 11.0 Å². The van der Waals surface area contributed by atoms with Crippen molar-refractivity contribution >= 4 is 109 Å². The topological polar surface area (TPSA) is 24.6 Å². The number of hydrogen-bond donors (Lipinski definition) is 0. The Bertz CT molecular complexity index is 4840. The normalized spacial score (nSPS) is 11.6. The number of rotatable bonds is 11. The number of para-hydroxylation sites is 2. The van der Waals surface area contributed by atoms with E-state index < -0.39 is 0 Å². The molecule has 3 heterocycles. The largest absolute Gasteiger partial charge is 0.456 e. The molecular weight excluding hydrogens is 1030 g/mol. The molecule has 0 spiro atoms. The molecule has 5 heteroatoms. The van der Waals surface area contributed by atoms with Crippen LogP contribution in [0.2, 0.25) is 0 Å². The third-order valence-corrected chi connectivity index (χ3v) is 17.5. The first-order valence-electron chi connectivity index (χ1n) is 28.2. The molecule has 0 unspecified atom stereocenters. The quantitative estimate of drug-likeness (QED) is 0.129. The maximum Gasteiger partial charge on any atom is 0.137 e. The first-order chi connectivity index (χ1) is 41.1.